The molecule has 0 aliphatic carbocycles. The van der Waals surface area contributed by atoms with E-state index in [1.165, 1.54) is 16.8 Å². The van der Waals surface area contributed by atoms with E-state index in [1.54, 1.807) is 0 Å². The van der Waals surface area contributed by atoms with E-state index in [2.05, 4.69) is 88.1 Å². The average molecular weight is 471 g/mol. The molecule has 0 bridgehead atoms. The van der Waals surface area contributed by atoms with Crippen LogP contribution in [0.5, 0.6) is 0 Å². The molecule has 5 rings (SSSR count). The first kappa shape index (κ1) is 22.7. The van der Waals surface area contributed by atoms with E-state index < -0.39 is 0 Å². The summed E-state index contributed by atoms with van der Waals surface area (Å²) in [7, 11) is 0. The van der Waals surface area contributed by atoms with Crippen LogP contribution in [-0.2, 0) is 6.42 Å². The molecule has 0 amide bonds. The third-order valence-electron chi connectivity index (χ3n) is 6.58. The number of hydrogen-bond donors (Lipinski definition) is 0. The first-order valence-electron chi connectivity index (χ1n) is 12.1. The molecule has 4 nitrogen and oxygen atoms in total. The van der Waals surface area contributed by atoms with Crippen LogP contribution in [0, 0.1) is 6.92 Å². The number of aromatic nitrogens is 2. The van der Waals surface area contributed by atoms with Crippen molar-refractivity contribution in [2.45, 2.75) is 19.8 Å². The Kier molecular flexibility index (Phi) is 6.98. The minimum absolute atomic E-state index is 0.794. The van der Waals surface area contributed by atoms with Gasteiger partial charge in [0, 0.05) is 42.5 Å². The van der Waals surface area contributed by atoms with Crippen molar-refractivity contribution >= 4 is 17.3 Å². The molecular weight excluding hydrogens is 440 g/mol. The van der Waals surface area contributed by atoms with Gasteiger partial charge in [-0.1, -0.05) is 59.6 Å². The van der Waals surface area contributed by atoms with Gasteiger partial charge < -0.3 is 4.90 Å². The highest BCUT2D eigenvalue weighted by atomic mass is 35.5. The van der Waals surface area contributed by atoms with Crippen molar-refractivity contribution in [3.8, 4) is 16.9 Å². The normalized spacial score (nSPS) is 14.5. The van der Waals surface area contributed by atoms with Crippen molar-refractivity contribution in [3.05, 3.63) is 101 Å². The van der Waals surface area contributed by atoms with E-state index in [4.69, 9.17) is 16.7 Å². The van der Waals surface area contributed by atoms with Crippen LogP contribution in [0.2, 0.25) is 5.02 Å². The second-order valence-electron chi connectivity index (χ2n) is 9.04. The number of aryl methyl sites for hydroxylation is 2. The summed E-state index contributed by atoms with van der Waals surface area (Å²) in [6.45, 7) is 7.53. The zero-order chi connectivity index (χ0) is 23.3. The van der Waals surface area contributed by atoms with Gasteiger partial charge in [0.25, 0.3) is 0 Å². The average Bonchev–Trinajstić information content (AvgIpc) is 3.30. The van der Waals surface area contributed by atoms with Gasteiger partial charge in [-0.15, -0.1) is 0 Å². The molecule has 5 heteroatoms. The van der Waals surface area contributed by atoms with Gasteiger partial charge in [0.1, 0.15) is 0 Å². The molecule has 0 atom stereocenters. The van der Waals surface area contributed by atoms with Gasteiger partial charge in [0.15, 0.2) is 0 Å². The molecule has 1 saturated heterocycles. The highest BCUT2D eigenvalue weighted by Gasteiger charge is 2.17. The number of anilines is 1. The maximum absolute atomic E-state index is 6.04. The summed E-state index contributed by atoms with van der Waals surface area (Å²) in [6, 6.07) is 29.6. The van der Waals surface area contributed by atoms with Crippen LogP contribution in [0.3, 0.4) is 0 Å². The summed E-state index contributed by atoms with van der Waals surface area (Å²) >= 11 is 6.04. The van der Waals surface area contributed by atoms with E-state index >= 15 is 0 Å². The SMILES string of the molecule is Cc1ccc(-c2cc(CCCN3CCN(c4ccc(Cl)cc4)CC3)nn2-c2ccccc2)cc1. The van der Waals surface area contributed by atoms with Crippen LogP contribution in [0.1, 0.15) is 17.7 Å². The Labute approximate surface area is 207 Å². The molecule has 0 unspecified atom stereocenters. The van der Waals surface area contributed by atoms with Crippen molar-refractivity contribution in [1.82, 2.24) is 14.7 Å². The van der Waals surface area contributed by atoms with Crippen LogP contribution in [0.4, 0.5) is 5.69 Å². The summed E-state index contributed by atoms with van der Waals surface area (Å²) in [5.41, 5.74) is 7.14. The smallest absolute Gasteiger partial charge is 0.0743 e. The number of halogens is 1. The van der Waals surface area contributed by atoms with Crippen LogP contribution in [0.25, 0.3) is 16.9 Å². The fourth-order valence-electron chi connectivity index (χ4n) is 4.61. The number of hydrogen-bond acceptors (Lipinski definition) is 3. The third-order valence-corrected chi connectivity index (χ3v) is 6.83. The van der Waals surface area contributed by atoms with Crippen LogP contribution >= 0.6 is 11.6 Å². The Morgan fingerprint density at radius 1 is 0.794 bits per heavy atom. The van der Waals surface area contributed by atoms with Crippen LogP contribution in [-0.4, -0.2) is 47.4 Å². The maximum atomic E-state index is 6.04. The summed E-state index contributed by atoms with van der Waals surface area (Å²) in [6.07, 6.45) is 2.09. The predicted octanol–water partition coefficient (Wildman–Crippen LogP) is 6.26. The minimum atomic E-state index is 0.794. The second-order valence-corrected chi connectivity index (χ2v) is 9.48. The fraction of sp³-hybridized carbons (Fsp3) is 0.276. The monoisotopic (exact) mass is 470 g/mol. The second kappa shape index (κ2) is 10.5. The van der Waals surface area contributed by atoms with E-state index in [1.807, 2.05) is 18.2 Å². The summed E-state index contributed by atoms with van der Waals surface area (Å²) in [4.78, 5) is 5.02. The van der Waals surface area contributed by atoms with Gasteiger partial charge in [-0.05, 0) is 68.8 Å². The first-order chi connectivity index (χ1) is 16.7. The number of para-hydroxylation sites is 1. The molecule has 2 heterocycles. The molecule has 3 aromatic carbocycles. The van der Waals surface area contributed by atoms with Crippen LogP contribution in [0.15, 0.2) is 84.9 Å². The molecule has 1 fully saturated rings. The van der Waals surface area contributed by atoms with Crippen molar-refractivity contribution < 1.29 is 0 Å². The van der Waals surface area contributed by atoms with Crippen molar-refractivity contribution in [2.75, 3.05) is 37.6 Å². The Morgan fingerprint density at radius 2 is 1.50 bits per heavy atom. The first-order valence-corrected chi connectivity index (χ1v) is 12.5. The molecular formula is C29H31ClN4. The number of rotatable bonds is 7. The third kappa shape index (κ3) is 5.35. The van der Waals surface area contributed by atoms with E-state index in [0.717, 1.165) is 67.7 Å². The van der Waals surface area contributed by atoms with Gasteiger partial charge in [0.05, 0.1) is 17.1 Å². The topological polar surface area (TPSA) is 24.3 Å². The highest BCUT2D eigenvalue weighted by molar-refractivity contribution is 6.30. The minimum Gasteiger partial charge on any atom is -0.369 e. The lowest BCUT2D eigenvalue weighted by Gasteiger charge is -2.36. The lowest BCUT2D eigenvalue weighted by atomic mass is 10.1. The molecule has 1 aliphatic heterocycles. The summed E-state index contributed by atoms with van der Waals surface area (Å²) in [5, 5.41) is 5.79. The van der Waals surface area contributed by atoms with Crippen molar-refractivity contribution in [2.24, 2.45) is 0 Å². The van der Waals surface area contributed by atoms with Crippen molar-refractivity contribution in [1.29, 1.82) is 0 Å². The van der Waals surface area contributed by atoms with Crippen LogP contribution < -0.4 is 4.90 Å². The Bertz CT molecular complexity index is 1190. The Balaban J connectivity index is 1.21. The Morgan fingerprint density at radius 3 is 2.21 bits per heavy atom. The lowest BCUT2D eigenvalue weighted by molar-refractivity contribution is 0.255. The molecule has 34 heavy (non-hydrogen) atoms. The van der Waals surface area contributed by atoms with E-state index in [0.29, 0.717) is 0 Å². The zero-order valence-corrected chi connectivity index (χ0v) is 20.5. The van der Waals surface area contributed by atoms with Gasteiger partial charge in [0.2, 0.25) is 0 Å². The number of benzene rings is 3. The zero-order valence-electron chi connectivity index (χ0n) is 19.7. The van der Waals surface area contributed by atoms with Crippen molar-refractivity contribution in [3.63, 3.8) is 0 Å². The summed E-state index contributed by atoms with van der Waals surface area (Å²) < 4.78 is 2.09. The molecule has 1 aromatic heterocycles. The molecule has 174 valence electrons. The molecule has 0 N–H and O–H groups in total. The highest BCUT2D eigenvalue weighted by Crippen LogP contribution is 2.25. The van der Waals surface area contributed by atoms with Gasteiger partial charge in [-0.25, -0.2) is 4.68 Å². The van der Waals surface area contributed by atoms with Gasteiger partial charge >= 0.3 is 0 Å². The fourth-order valence-corrected chi connectivity index (χ4v) is 4.74. The molecule has 4 aromatic rings. The largest absolute Gasteiger partial charge is 0.369 e. The predicted molar refractivity (Wildman–Crippen MR) is 142 cm³/mol. The number of nitrogens with zero attached hydrogens (tertiary/aromatic N) is 4. The van der Waals surface area contributed by atoms with E-state index in [9.17, 15) is 0 Å². The lowest BCUT2D eigenvalue weighted by Crippen LogP contribution is -2.46. The van der Waals surface area contributed by atoms with Gasteiger partial charge in [-0.2, -0.15) is 5.10 Å². The maximum Gasteiger partial charge on any atom is 0.0743 e. The standard InChI is InChI=1S/C29H31ClN4/c1-23-9-11-24(12-10-23)29-22-26(31-34(29)28-7-3-2-4-8-28)6-5-17-32-18-20-33(21-19-32)27-15-13-25(30)14-16-27/h2-4,7-16,22H,5-6,17-21H2,1H3. The van der Waals surface area contributed by atoms with E-state index in [-0.39, 0.29) is 0 Å². The molecule has 0 saturated carbocycles. The Hall–Kier alpha value is -3.08. The summed E-state index contributed by atoms with van der Waals surface area (Å²) in [5.74, 6) is 0. The van der Waals surface area contributed by atoms with Gasteiger partial charge in [-0.3, -0.25) is 4.90 Å². The molecule has 0 spiro atoms. The quantitative estimate of drug-likeness (QED) is 0.319. The molecule has 0 radical (unpaired) electrons. The number of piperazine rings is 1. The molecule has 1 aliphatic rings.